The van der Waals surface area contributed by atoms with Gasteiger partial charge in [0, 0.05) is 24.9 Å². The number of carbonyl (C=O) groups is 2. The summed E-state index contributed by atoms with van der Waals surface area (Å²) in [4.78, 5) is 24.8. The summed E-state index contributed by atoms with van der Waals surface area (Å²) in [5.74, 6) is 0.576. The first-order valence-electron chi connectivity index (χ1n) is 5.16. The zero-order valence-electron chi connectivity index (χ0n) is 8.44. The number of carbonyl (C=O) groups excluding carboxylic acids is 2. The number of thioether (sulfide) groups is 1. The Morgan fingerprint density at radius 1 is 1.67 bits per heavy atom. The third-order valence-electron chi connectivity index (χ3n) is 2.90. The van der Waals surface area contributed by atoms with Gasteiger partial charge >= 0.3 is 0 Å². The van der Waals surface area contributed by atoms with Crippen molar-refractivity contribution in [3.05, 3.63) is 0 Å². The lowest BCUT2D eigenvalue weighted by atomic mass is 10.2. The molecule has 0 aromatic carbocycles. The molecule has 3 N–H and O–H groups in total. The summed E-state index contributed by atoms with van der Waals surface area (Å²) in [6.45, 7) is 1.29. The molecule has 0 bridgehead atoms. The fraction of sp³-hybridized carbons (Fsp3) is 0.778. The summed E-state index contributed by atoms with van der Waals surface area (Å²) in [6, 6.07) is -0.172. The van der Waals surface area contributed by atoms with Crippen molar-refractivity contribution in [2.45, 2.75) is 24.9 Å². The molecule has 1 unspecified atom stereocenters. The fourth-order valence-corrected chi connectivity index (χ4v) is 2.86. The molecule has 6 heteroatoms. The molecule has 2 atom stereocenters. The lowest BCUT2D eigenvalue weighted by molar-refractivity contribution is -0.133. The van der Waals surface area contributed by atoms with Crippen molar-refractivity contribution < 1.29 is 9.59 Å². The Kier molecular flexibility index (Phi) is 3.16. The number of hydrogen-bond donors (Lipinski definition) is 2. The molecule has 2 saturated heterocycles. The summed E-state index contributed by atoms with van der Waals surface area (Å²) >= 11 is 1.17. The van der Waals surface area contributed by atoms with Crippen LogP contribution in [0.4, 0.5) is 4.79 Å². The Bertz CT molecular complexity index is 285. The van der Waals surface area contributed by atoms with E-state index in [1.807, 2.05) is 4.90 Å². The number of nitrogens with two attached hydrogens (primary N) is 1. The van der Waals surface area contributed by atoms with Crippen LogP contribution in [0.1, 0.15) is 12.8 Å². The molecular formula is C9H15N3O2S. The SMILES string of the molecule is NCC1CCCN1C(=O)[C@@H]1CSC(=O)N1. The highest BCUT2D eigenvalue weighted by Gasteiger charge is 2.35. The fourth-order valence-electron chi connectivity index (χ4n) is 2.09. The van der Waals surface area contributed by atoms with E-state index < -0.39 is 0 Å². The van der Waals surface area contributed by atoms with Crippen molar-refractivity contribution in [2.24, 2.45) is 5.73 Å². The van der Waals surface area contributed by atoms with Crippen molar-refractivity contribution in [1.29, 1.82) is 0 Å². The van der Waals surface area contributed by atoms with Gasteiger partial charge in [-0.15, -0.1) is 0 Å². The van der Waals surface area contributed by atoms with Crippen molar-refractivity contribution >= 4 is 22.9 Å². The topological polar surface area (TPSA) is 75.4 Å². The normalized spacial score (nSPS) is 30.7. The maximum atomic E-state index is 12.0. The average molecular weight is 229 g/mol. The minimum absolute atomic E-state index is 0.0290. The van der Waals surface area contributed by atoms with Crippen molar-refractivity contribution in [2.75, 3.05) is 18.8 Å². The number of amides is 2. The molecule has 2 aliphatic heterocycles. The van der Waals surface area contributed by atoms with E-state index in [0.29, 0.717) is 12.3 Å². The first-order valence-corrected chi connectivity index (χ1v) is 6.15. The molecule has 0 aromatic rings. The van der Waals surface area contributed by atoms with E-state index in [9.17, 15) is 9.59 Å². The van der Waals surface area contributed by atoms with Gasteiger partial charge in [0.25, 0.3) is 5.24 Å². The molecule has 2 heterocycles. The van der Waals surface area contributed by atoms with Crippen LogP contribution >= 0.6 is 11.8 Å². The number of likely N-dealkylation sites (tertiary alicyclic amines) is 1. The number of nitrogens with one attached hydrogen (secondary N) is 1. The maximum Gasteiger partial charge on any atom is 0.279 e. The predicted octanol–water partition coefficient (Wildman–Crippen LogP) is -0.239. The van der Waals surface area contributed by atoms with Crippen molar-refractivity contribution in [3.63, 3.8) is 0 Å². The largest absolute Gasteiger partial charge is 0.337 e. The van der Waals surface area contributed by atoms with Crippen LogP contribution in [0.15, 0.2) is 0 Å². The molecule has 0 saturated carbocycles. The van der Waals surface area contributed by atoms with Crippen LogP contribution in [0.2, 0.25) is 0 Å². The zero-order valence-corrected chi connectivity index (χ0v) is 9.26. The third-order valence-corrected chi connectivity index (χ3v) is 3.78. The molecule has 0 spiro atoms. The molecule has 84 valence electrons. The molecular weight excluding hydrogens is 214 g/mol. The molecule has 2 amide bonds. The van der Waals surface area contributed by atoms with Gasteiger partial charge in [-0.05, 0) is 12.8 Å². The summed E-state index contributed by atoms with van der Waals surface area (Å²) in [7, 11) is 0. The Balaban J connectivity index is 1.98. The number of rotatable bonds is 2. The average Bonchev–Trinajstić information content (AvgIpc) is 2.84. The highest BCUT2D eigenvalue weighted by Crippen LogP contribution is 2.21. The van der Waals surface area contributed by atoms with E-state index in [2.05, 4.69) is 5.32 Å². The van der Waals surface area contributed by atoms with Gasteiger partial charge in [-0.3, -0.25) is 9.59 Å². The Labute approximate surface area is 92.7 Å². The lowest BCUT2D eigenvalue weighted by Gasteiger charge is -2.25. The van der Waals surface area contributed by atoms with Gasteiger partial charge in [-0.1, -0.05) is 11.8 Å². The molecule has 0 radical (unpaired) electrons. The molecule has 0 aromatic heterocycles. The highest BCUT2D eigenvalue weighted by atomic mass is 32.2. The summed E-state index contributed by atoms with van der Waals surface area (Å²) < 4.78 is 0. The number of hydrogen-bond acceptors (Lipinski definition) is 4. The Hall–Kier alpha value is -0.750. The summed E-state index contributed by atoms with van der Waals surface area (Å²) in [6.07, 6.45) is 2.00. The van der Waals surface area contributed by atoms with Gasteiger partial charge in [0.05, 0.1) is 0 Å². The van der Waals surface area contributed by atoms with Gasteiger partial charge in [0.1, 0.15) is 6.04 Å². The maximum absolute atomic E-state index is 12.0. The van der Waals surface area contributed by atoms with E-state index in [4.69, 9.17) is 5.73 Å². The first kappa shape index (κ1) is 10.8. The van der Waals surface area contributed by atoms with E-state index >= 15 is 0 Å². The summed E-state index contributed by atoms with van der Waals surface area (Å²) in [5.41, 5.74) is 5.60. The lowest BCUT2D eigenvalue weighted by Crippen LogP contribution is -2.49. The predicted molar refractivity (Wildman–Crippen MR) is 58.6 cm³/mol. The van der Waals surface area contributed by atoms with Gasteiger partial charge in [0.15, 0.2) is 0 Å². The van der Waals surface area contributed by atoms with Gasteiger partial charge in [-0.25, -0.2) is 0 Å². The van der Waals surface area contributed by atoms with Gasteiger partial charge < -0.3 is 16.0 Å². The minimum atomic E-state index is -0.338. The molecule has 0 aliphatic carbocycles. The van der Waals surface area contributed by atoms with Crippen molar-refractivity contribution in [3.8, 4) is 0 Å². The number of nitrogens with zero attached hydrogens (tertiary/aromatic N) is 1. The second-order valence-corrected chi connectivity index (χ2v) is 4.85. The smallest absolute Gasteiger partial charge is 0.279 e. The Morgan fingerprint density at radius 2 is 2.47 bits per heavy atom. The van der Waals surface area contributed by atoms with Gasteiger partial charge in [-0.2, -0.15) is 0 Å². The van der Waals surface area contributed by atoms with Crippen LogP contribution < -0.4 is 11.1 Å². The minimum Gasteiger partial charge on any atom is -0.337 e. The molecule has 2 aliphatic rings. The molecule has 15 heavy (non-hydrogen) atoms. The standard InChI is InChI=1S/C9H15N3O2S/c10-4-6-2-1-3-12(6)8(13)7-5-15-9(14)11-7/h6-7H,1-5,10H2,(H,11,14)/t6?,7-/m0/s1. The van der Waals surface area contributed by atoms with Crippen LogP contribution in [-0.2, 0) is 4.79 Å². The van der Waals surface area contributed by atoms with Crippen LogP contribution in [0.25, 0.3) is 0 Å². The van der Waals surface area contributed by atoms with E-state index in [1.54, 1.807) is 0 Å². The third kappa shape index (κ3) is 2.10. The van der Waals surface area contributed by atoms with Crippen LogP contribution in [0.5, 0.6) is 0 Å². The monoisotopic (exact) mass is 229 g/mol. The second kappa shape index (κ2) is 4.40. The quantitative estimate of drug-likeness (QED) is 0.685. The van der Waals surface area contributed by atoms with Crippen LogP contribution in [-0.4, -0.2) is 47.0 Å². The van der Waals surface area contributed by atoms with E-state index in [-0.39, 0.29) is 23.2 Å². The molecule has 2 fully saturated rings. The highest BCUT2D eigenvalue weighted by molar-refractivity contribution is 8.14. The summed E-state index contributed by atoms with van der Waals surface area (Å²) in [5, 5.41) is 2.57. The molecule has 2 rings (SSSR count). The Morgan fingerprint density at radius 3 is 3.07 bits per heavy atom. The molecule has 5 nitrogen and oxygen atoms in total. The van der Waals surface area contributed by atoms with Gasteiger partial charge in [0.2, 0.25) is 5.91 Å². The second-order valence-electron chi connectivity index (χ2n) is 3.86. The van der Waals surface area contributed by atoms with Crippen molar-refractivity contribution in [1.82, 2.24) is 10.2 Å². The van der Waals surface area contributed by atoms with E-state index in [0.717, 1.165) is 19.4 Å². The van der Waals surface area contributed by atoms with E-state index in [1.165, 1.54) is 11.8 Å². The first-order chi connectivity index (χ1) is 7.22. The van der Waals surface area contributed by atoms with Crippen LogP contribution in [0, 0.1) is 0 Å². The van der Waals surface area contributed by atoms with Crippen LogP contribution in [0.3, 0.4) is 0 Å². The zero-order chi connectivity index (χ0) is 10.8.